The molecule has 3 heterocycles. The maximum atomic E-state index is 12.0. The van der Waals surface area contributed by atoms with Gasteiger partial charge in [-0.25, -0.2) is 0 Å². The Morgan fingerprint density at radius 2 is 2.30 bits per heavy atom. The summed E-state index contributed by atoms with van der Waals surface area (Å²) in [4.78, 5) is 17.1. The van der Waals surface area contributed by atoms with Gasteiger partial charge in [0.05, 0.1) is 17.7 Å². The lowest BCUT2D eigenvalue weighted by Gasteiger charge is -2.13. The van der Waals surface area contributed by atoms with Gasteiger partial charge in [-0.1, -0.05) is 11.2 Å². The average Bonchev–Trinajstić information content (AvgIpc) is 3.32. The lowest BCUT2D eigenvalue weighted by Crippen LogP contribution is -2.30. The summed E-state index contributed by atoms with van der Waals surface area (Å²) in [5.74, 6) is 1.22. The molecule has 0 fully saturated rings. The molecule has 120 valence electrons. The van der Waals surface area contributed by atoms with E-state index in [-0.39, 0.29) is 18.9 Å². The standard InChI is InChI=1S/C15H15N3O4S/c19-9-10(11-3-1-7-21-11)16-13(20)5-6-14-17-15(18-22-14)12-4-2-8-23-12/h1-4,7-8,10,19H,5-6,9H2,(H,16,20). The second-order valence-corrected chi connectivity index (χ2v) is 5.75. The number of carbonyl (C=O) groups excluding carboxylic acids is 1. The molecule has 0 spiro atoms. The van der Waals surface area contributed by atoms with Gasteiger partial charge in [-0.2, -0.15) is 4.98 Å². The highest BCUT2D eigenvalue weighted by atomic mass is 32.1. The van der Waals surface area contributed by atoms with E-state index in [9.17, 15) is 9.90 Å². The number of aromatic nitrogens is 2. The minimum Gasteiger partial charge on any atom is -0.467 e. The summed E-state index contributed by atoms with van der Waals surface area (Å²) >= 11 is 1.52. The topological polar surface area (TPSA) is 101 Å². The van der Waals surface area contributed by atoms with Crippen LogP contribution >= 0.6 is 11.3 Å². The molecule has 1 atom stereocenters. The maximum absolute atomic E-state index is 12.0. The van der Waals surface area contributed by atoms with Crippen molar-refractivity contribution in [1.29, 1.82) is 0 Å². The van der Waals surface area contributed by atoms with E-state index in [0.29, 0.717) is 23.9 Å². The Hall–Kier alpha value is -2.45. The number of furan rings is 1. The van der Waals surface area contributed by atoms with Gasteiger partial charge in [0, 0.05) is 12.8 Å². The fraction of sp³-hybridized carbons (Fsp3) is 0.267. The smallest absolute Gasteiger partial charge is 0.227 e. The second-order valence-electron chi connectivity index (χ2n) is 4.81. The summed E-state index contributed by atoms with van der Waals surface area (Å²) in [6.07, 6.45) is 2.01. The summed E-state index contributed by atoms with van der Waals surface area (Å²) in [5.41, 5.74) is 0. The fourth-order valence-corrected chi connectivity index (χ4v) is 2.69. The molecule has 0 aliphatic heterocycles. The highest BCUT2D eigenvalue weighted by Crippen LogP contribution is 2.21. The van der Waals surface area contributed by atoms with Crippen molar-refractivity contribution in [3.8, 4) is 10.7 Å². The van der Waals surface area contributed by atoms with Crippen molar-refractivity contribution in [3.63, 3.8) is 0 Å². The van der Waals surface area contributed by atoms with Crippen LogP contribution in [0.15, 0.2) is 44.8 Å². The third kappa shape index (κ3) is 3.85. The number of nitrogens with one attached hydrogen (secondary N) is 1. The van der Waals surface area contributed by atoms with Gasteiger partial charge in [-0.05, 0) is 23.6 Å². The molecular formula is C15H15N3O4S. The fourth-order valence-electron chi connectivity index (χ4n) is 2.05. The van der Waals surface area contributed by atoms with E-state index in [1.807, 2.05) is 17.5 Å². The molecule has 2 N–H and O–H groups in total. The first-order valence-corrected chi connectivity index (χ1v) is 7.94. The van der Waals surface area contributed by atoms with Crippen LogP contribution in [0, 0.1) is 0 Å². The van der Waals surface area contributed by atoms with Crippen LogP contribution in [0.5, 0.6) is 0 Å². The molecule has 0 bridgehead atoms. The normalized spacial score (nSPS) is 12.2. The molecule has 1 unspecified atom stereocenters. The number of thiophene rings is 1. The molecule has 0 saturated carbocycles. The zero-order valence-electron chi connectivity index (χ0n) is 12.1. The Kier molecular flexibility index (Phi) is 4.84. The number of rotatable bonds is 7. The van der Waals surface area contributed by atoms with E-state index in [0.717, 1.165) is 4.88 Å². The number of aliphatic hydroxyl groups is 1. The van der Waals surface area contributed by atoms with E-state index >= 15 is 0 Å². The molecule has 0 aromatic carbocycles. The first-order valence-electron chi connectivity index (χ1n) is 7.06. The Balaban J connectivity index is 1.53. The van der Waals surface area contributed by atoms with E-state index in [4.69, 9.17) is 8.94 Å². The van der Waals surface area contributed by atoms with E-state index < -0.39 is 6.04 Å². The van der Waals surface area contributed by atoms with E-state index in [1.165, 1.54) is 17.6 Å². The van der Waals surface area contributed by atoms with Crippen LogP contribution in [-0.2, 0) is 11.2 Å². The molecule has 3 aromatic rings. The lowest BCUT2D eigenvalue weighted by molar-refractivity contribution is -0.122. The number of amides is 1. The van der Waals surface area contributed by atoms with Crippen molar-refractivity contribution in [2.45, 2.75) is 18.9 Å². The summed E-state index contributed by atoms with van der Waals surface area (Å²) in [7, 11) is 0. The Labute approximate surface area is 135 Å². The van der Waals surface area contributed by atoms with Gasteiger partial charge in [0.15, 0.2) is 0 Å². The SMILES string of the molecule is O=C(CCc1nc(-c2cccs2)no1)NC(CO)c1ccco1. The Bertz CT molecular complexity index is 737. The van der Waals surface area contributed by atoms with Gasteiger partial charge in [0.1, 0.15) is 11.8 Å². The number of aliphatic hydroxyl groups excluding tert-OH is 1. The predicted octanol–water partition coefficient (Wildman–Crippen LogP) is 2.17. The van der Waals surface area contributed by atoms with Crippen LogP contribution in [0.2, 0.25) is 0 Å². The second kappa shape index (κ2) is 7.21. The van der Waals surface area contributed by atoms with Crippen molar-refractivity contribution in [1.82, 2.24) is 15.5 Å². The van der Waals surface area contributed by atoms with Gasteiger partial charge >= 0.3 is 0 Å². The lowest BCUT2D eigenvalue weighted by atomic mass is 10.2. The zero-order chi connectivity index (χ0) is 16.1. The minimum atomic E-state index is -0.554. The molecule has 0 saturated heterocycles. The van der Waals surface area contributed by atoms with Crippen LogP contribution in [-0.4, -0.2) is 27.8 Å². The van der Waals surface area contributed by atoms with Crippen molar-refractivity contribution in [2.75, 3.05) is 6.61 Å². The van der Waals surface area contributed by atoms with Gasteiger partial charge in [-0.15, -0.1) is 11.3 Å². The molecular weight excluding hydrogens is 318 g/mol. The quantitative estimate of drug-likeness (QED) is 0.687. The van der Waals surface area contributed by atoms with E-state index in [2.05, 4.69) is 15.5 Å². The van der Waals surface area contributed by atoms with Crippen molar-refractivity contribution < 1.29 is 18.8 Å². The Morgan fingerprint density at radius 3 is 3.00 bits per heavy atom. The highest BCUT2D eigenvalue weighted by Gasteiger charge is 2.17. The Morgan fingerprint density at radius 1 is 1.39 bits per heavy atom. The third-order valence-electron chi connectivity index (χ3n) is 3.18. The summed E-state index contributed by atoms with van der Waals surface area (Å²) in [6.45, 7) is -0.234. The van der Waals surface area contributed by atoms with Crippen LogP contribution in [0.3, 0.4) is 0 Å². The molecule has 8 heteroatoms. The van der Waals surface area contributed by atoms with Gasteiger partial charge in [0.25, 0.3) is 0 Å². The van der Waals surface area contributed by atoms with Crippen LogP contribution in [0.25, 0.3) is 10.7 Å². The zero-order valence-corrected chi connectivity index (χ0v) is 13.0. The van der Waals surface area contributed by atoms with Crippen molar-refractivity contribution in [2.24, 2.45) is 0 Å². The third-order valence-corrected chi connectivity index (χ3v) is 4.05. The molecule has 1 amide bonds. The number of aryl methyl sites for hydroxylation is 1. The molecule has 0 aliphatic rings. The highest BCUT2D eigenvalue weighted by molar-refractivity contribution is 7.13. The van der Waals surface area contributed by atoms with Gasteiger partial charge < -0.3 is 19.4 Å². The van der Waals surface area contributed by atoms with E-state index in [1.54, 1.807) is 12.1 Å². The maximum Gasteiger partial charge on any atom is 0.227 e. The van der Waals surface area contributed by atoms with Crippen molar-refractivity contribution in [3.05, 3.63) is 47.6 Å². The number of nitrogens with zero attached hydrogens (tertiary/aromatic N) is 2. The summed E-state index contributed by atoms with van der Waals surface area (Å²) in [5, 5.41) is 17.9. The van der Waals surface area contributed by atoms with Gasteiger partial charge in [0.2, 0.25) is 17.6 Å². The molecule has 7 nitrogen and oxygen atoms in total. The van der Waals surface area contributed by atoms with Gasteiger partial charge in [-0.3, -0.25) is 4.79 Å². The summed E-state index contributed by atoms with van der Waals surface area (Å²) < 4.78 is 10.3. The molecule has 3 rings (SSSR count). The molecule has 3 aromatic heterocycles. The monoisotopic (exact) mass is 333 g/mol. The molecule has 0 aliphatic carbocycles. The molecule has 0 radical (unpaired) electrons. The van der Waals surface area contributed by atoms with Crippen LogP contribution < -0.4 is 5.32 Å². The largest absolute Gasteiger partial charge is 0.467 e. The van der Waals surface area contributed by atoms with Crippen LogP contribution in [0.4, 0.5) is 0 Å². The number of hydrogen-bond donors (Lipinski definition) is 2. The predicted molar refractivity (Wildman–Crippen MR) is 82.6 cm³/mol. The number of carbonyl (C=O) groups is 1. The first-order chi connectivity index (χ1) is 11.3. The first kappa shape index (κ1) is 15.4. The minimum absolute atomic E-state index is 0.184. The molecule has 23 heavy (non-hydrogen) atoms. The summed E-state index contributed by atoms with van der Waals surface area (Å²) in [6, 6.07) is 6.66. The average molecular weight is 333 g/mol. The van der Waals surface area contributed by atoms with Crippen molar-refractivity contribution >= 4 is 17.2 Å². The number of hydrogen-bond acceptors (Lipinski definition) is 7. The van der Waals surface area contributed by atoms with Crippen LogP contribution in [0.1, 0.15) is 24.1 Å².